The van der Waals surface area contributed by atoms with Gasteiger partial charge in [0.15, 0.2) is 5.82 Å². The highest BCUT2D eigenvalue weighted by Crippen LogP contribution is 2.51. The van der Waals surface area contributed by atoms with Crippen LogP contribution in [0.5, 0.6) is 5.75 Å². The van der Waals surface area contributed by atoms with Crippen LogP contribution < -0.4 is 4.74 Å². The summed E-state index contributed by atoms with van der Waals surface area (Å²) in [6.07, 6.45) is -5.07. The smallest absolute Gasteiger partial charge is 0.429 e. The van der Waals surface area contributed by atoms with E-state index in [0.717, 1.165) is 7.11 Å². The summed E-state index contributed by atoms with van der Waals surface area (Å²) < 4.78 is 59.9. The van der Waals surface area contributed by atoms with Crippen molar-refractivity contribution < 1.29 is 32.2 Å². The number of nitriles is 1. The lowest BCUT2D eigenvalue weighted by Gasteiger charge is -2.36. The summed E-state index contributed by atoms with van der Waals surface area (Å²) in [7, 11) is 2.29. The number of imidazole rings is 1. The lowest BCUT2D eigenvalue weighted by atomic mass is 9.86. The molecular weight excluding hydrogens is 427 g/mol. The van der Waals surface area contributed by atoms with Crippen LogP contribution in [0.4, 0.5) is 13.2 Å². The summed E-state index contributed by atoms with van der Waals surface area (Å²) in [6, 6.07) is 9.17. The van der Waals surface area contributed by atoms with Crippen molar-refractivity contribution in [3.8, 4) is 11.8 Å². The van der Waals surface area contributed by atoms with Crippen LogP contribution in [0.25, 0.3) is 11.0 Å². The van der Waals surface area contributed by atoms with Gasteiger partial charge in [0, 0.05) is 5.56 Å². The van der Waals surface area contributed by atoms with Gasteiger partial charge in [0.2, 0.25) is 0 Å². The van der Waals surface area contributed by atoms with Gasteiger partial charge in [-0.25, -0.2) is 9.78 Å². The first-order valence-electron chi connectivity index (χ1n) is 9.41. The molecule has 1 atom stereocenters. The standard InChI is InChI=1S/C22H20F3N3O4/c1-12-7-13(2)19(17(8-12)30-3)21(22(23,24)25,32-11-18(29)31-4)20-27-15-6-5-14(10-26)9-16(15)28-20/h5-9H,11H2,1-4H3,(H,27,28). The normalized spacial score (nSPS) is 13.4. The SMILES string of the molecule is COC(=O)COC(c1nc2ccc(C#N)cc2[nH]1)(c1c(C)cc(C)cc1OC)C(F)(F)F. The third-order valence-electron chi connectivity index (χ3n) is 4.99. The highest BCUT2D eigenvalue weighted by molar-refractivity contribution is 5.77. The number of nitrogens with zero attached hydrogens (tertiary/aromatic N) is 2. The number of aromatic amines is 1. The van der Waals surface area contributed by atoms with Crippen molar-refractivity contribution in [1.29, 1.82) is 5.26 Å². The Hall–Kier alpha value is -3.58. The monoisotopic (exact) mass is 447 g/mol. The first-order chi connectivity index (χ1) is 15.1. The number of aromatic nitrogens is 2. The number of carbonyl (C=O) groups is 1. The Labute approximate surface area is 181 Å². The molecule has 0 saturated heterocycles. The predicted octanol–water partition coefficient (Wildman–Crippen LogP) is 4.06. The number of methoxy groups -OCH3 is 2. The number of aryl methyl sites for hydroxylation is 2. The molecule has 0 aliphatic rings. The minimum atomic E-state index is -5.07. The number of esters is 1. The molecule has 1 aromatic heterocycles. The van der Waals surface area contributed by atoms with Gasteiger partial charge in [-0.1, -0.05) is 6.07 Å². The summed E-state index contributed by atoms with van der Waals surface area (Å²) in [5.41, 5.74) is -1.99. The lowest BCUT2D eigenvalue weighted by Crippen LogP contribution is -2.48. The molecule has 32 heavy (non-hydrogen) atoms. The van der Waals surface area contributed by atoms with Gasteiger partial charge in [0.25, 0.3) is 5.60 Å². The predicted molar refractivity (Wildman–Crippen MR) is 108 cm³/mol. The maximum Gasteiger partial charge on any atom is 0.429 e. The Kier molecular flexibility index (Phi) is 6.14. The van der Waals surface area contributed by atoms with Crippen LogP contribution in [0.1, 0.15) is 28.1 Å². The zero-order chi connectivity index (χ0) is 23.7. The molecule has 1 unspecified atom stereocenters. The first-order valence-corrected chi connectivity index (χ1v) is 9.41. The van der Waals surface area contributed by atoms with E-state index < -0.39 is 30.2 Å². The van der Waals surface area contributed by atoms with Gasteiger partial charge in [0.05, 0.1) is 36.9 Å². The molecule has 1 N–H and O–H groups in total. The third-order valence-corrected chi connectivity index (χ3v) is 4.99. The summed E-state index contributed by atoms with van der Waals surface area (Å²) in [4.78, 5) is 18.5. The Morgan fingerprint density at radius 1 is 1.19 bits per heavy atom. The summed E-state index contributed by atoms with van der Waals surface area (Å²) >= 11 is 0. The largest absolute Gasteiger partial charge is 0.496 e. The summed E-state index contributed by atoms with van der Waals surface area (Å²) in [5.74, 6) is -1.68. The molecule has 0 radical (unpaired) electrons. The van der Waals surface area contributed by atoms with Gasteiger partial charge in [0.1, 0.15) is 12.4 Å². The number of benzene rings is 2. The van der Waals surface area contributed by atoms with Crippen LogP contribution in [-0.4, -0.2) is 42.9 Å². The van der Waals surface area contributed by atoms with E-state index in [9.17, 15) is 18.0 Å². The molecule has 0 aliphatic heterocycles. The van der Waals surface area contributed by atoms with E-state index in [4.69, 9.17) is 14.7 Å². The number of alkyl halides is 3. The fourth-order valence-electron chi connectivity index (χ4n) is 3.63. The Bertz CT molecular complexity index is 1210. The number of ether oxygens (including phenoxy) is 3. The van der Waals surface area contributed by atoms with Crippen molar-refractivity contribution in [2.45, 2.75) is 25.6 Å². The molecule has 168 valence electrons. The van der Waals surface area contributed by atoms with Crippen molar-refractivity contribution >= 4 is 17.0 Å². The first kappa shape index (κ1) is 23.1. The van der Waals surface area contributed by atoms with Crippen LogP contribution in [-0.2, 0) is 19.9 Å². The second kappa shape index (κ2) is 8.51. The van der Waals surface area contributed by atoms with E-state index >= 15 is 0 Å². The topological polar surface area (TPSA) is 97.2 Å². The number of hydrogen-bond acceptors (Lipinski definition) is 6. The van der Waals surface area contributed by atoms with E-state index in [1.807, 2.05) is 6.07 Å². The average Bonchev–Trinajstić information content (AvgIpc) is 3.16. The van der Waals surface area contributed by atoms with Gasteiger partial charge < -0.3 is 19.2 Å². The van der Waals surface area contributed by atoms with Gasteiger partial charge >= 0.3 is 12.1 Å². The highest BCUT2D eigenvalue weighted by Gasteiger charge is 2.63. The van der Waals surface area contributed by atoms with Crippen molar-refractivity contribution in [1.82, 2.24) is 9.97 Å². The van der Waals surface area contributed by atoms with Gasteiger partial charge in [-0.3, -0.25) is 0 Å². The van der Waals surface area contributed by atoms with Crippen LogP contribution >= 0.6 is 0 Å². The molecule has 0 saturated carbocycles. The number of rotatable bonds is 6. The molecule has 2 aromatic carbocycles. The van der Waals surface area contributed by atoms with E-state index in [-0.39, 0.29) is 33.5 Å². The van der Waals surface area contributed by atoms with Gasteiger partial charge in [-0.15, -0.1) is 0 Å². The van der Waals surface area contributed by atoms with E-state index in [1.54, 1.807) is 13.0 Å². The number of nitrogens with one attached hydrogen (secondary N) is 1. The molecule has 1 heterocycles. The highest BCUT2D eigenvalue weighted by atomic mass is 19.4. The number of carbonyl (C=O) groups excluding carboxylic acids is 1. The second-order valence-electron chi connectivity index (χ2n) is 7.13. The minimum absolute atomic E-state index is 0.0807. The molecule has 0 amide bonds. The van der Waals surface area contributed by atoms with E-state index in [0.29, 0.717) is 5.56 Å². The number of hydrogen-bond donors (Lipinski definition) is 1. The maximum atomic E-state index is 14.9. The molecule has 0 fully saturated rings. The number of H-pyrrole nitrogens is 1. The zero-order valence-electron chi connectivity index (χ0n) is 17.8. The van der Waals surface area contributed by atoms with E-state index in [1.165, 1.54) is 38.3 Å². The van der Waals surface area contributed by atoms with Crippen LogP contribution in [0, 0.1) is 25.2 Å². The third kappa shape index (κ3) is 3.87. The molecule has 0 spiro atoms. The molecule has 7 nitrogen and oxygen atoms in total. The number of fused-ring (bicyclic) bond motifs is 1. The fraction of sp³-hybridized carbons (Fsp3) is 0.318. The average molecular weight is 447 g/mol. The molecule has 3 aromatic rings. The van der Waals surface area contributed by atoms with Gasteiger partial charge in [-0.2, -0.15) is 18.4 Å². The molecular formula is C22H20F3N3O4. The fourth-order valence-corrected chi connectivity index (χ4v) is 3.63. The summed E-state index contributed by atoms with van der Waals surface area (Å²) in [5, 5.41) is 9.12. The van der Waals surface area contributed by atoms with Crippen LogP contribution in [0.3, 0.4) is 0 Å². The maximum absolute atomic E-state index is 14.9. The van der Waals surface area contributed by atoms with Gasteiger partial charge in [-0.05, 0) is 49.2 Å². The van der Waals surface area contributed by atoms with E-state index in [2.05, 4.69) is 14.7 Å². The van der Waals surface area contributed by atoms with Crippen LogP contribution in [0.15, 0.2) is 30.3 Å². The van der Waals surface area contributed by atoms with Crippen molar-refractivity contribution in [3.05, 3.63) is 58.4 Å². The Morgan fingerprint density at radius 2 is 1.91 bits per heavy atom. The lowest BCUT2D eigenvalue weighted by molar-refractivity contribution is -0.269. The zero-order valence-corrected chi connectivity index (χ0v) is 17.8. The Morgan fingerprint density at radius 3 is 2.50 bits per heavy atom. The van der Waals surface area contributed by atoms with Crippen molar-refractivity contribution in [2.24, 2.45) is 0 Å². The second-order valence-corrected chi connectivity index (χ2v) is 7.13. The minimum Gasteiger partial charge on any atom is -0.496 e. The molecule has 10 heteroatoms. The van der Waals surface area contributed by atoms with Crippen LogP contribution in [0.2, 0.25) is 0 Å². The number of halogens is 3. The quantitative estimate of drug-likeness (QED) is 0.573. The molecule has 0 aliphatic carbocycles. The van der Waals surface area contributed by atoms with Crippen molar-refractivity contribution in [2.75, 3.05) is 20.8 Å². The molecule has 0 bridgehead atoms. The molecule has 3 rings (SSSR count). The Balaban J connectivity index is 2.40. The van der Waals surface area contributed by atoms with Crippen molar-refractivity contribution in [3.63, 3.8) is 0 Å². The summed E-state index contributed by atoms with van der Waals surface area (Å²) in [6.45, 7) is 2.21.